The number of benzene rings is 1. The van der Waals surface area contributed by atoms with Gasteiger partial charge in [0.05, 0.1) is 26.9 Å². The molecular weight excluding hydrogens is 336 g/mol. The lowest BCUT2D eigenvalue weighted by Crippen LogP contribution is -1.91. The summed E-state index contributed by atoms with van der Waals surface area (Å²) in [5.41, 5.74) is 1.73. The molecule has 0 amide bonds. The summed E-state index contributed by atoms with van der Waals surface area (Å²) in [5, 5.41) is 22.2. The van der Waals surface area contributed by atoms with Gasteiger partial charge in [-0.3, -0.25) is 10.1 Å². The fourth-order valence-electron chi connectivity index (χ4n) is 1.95. The highest BCUT2D eigenvalue weighted by Crippen LogP contribution is 2.34. The van der Waals surface area contributed by atoms with E-state index in [4.69, 9.17) is 4.42 Å². The average molecular weight is 348 g/mol. The van der Waals surface area contributed by atoms with Gasteiger partial charge in [0.25, 0.3) is 10.9 Å². The Kier molecular flexibility index (Phi) is 4.39. The molecule has 23 heavy (non-hydrogen) atoms. The van der Waals surface area contributed by atoms with Crippen LogP contribution in [0.25, 0.3) is 0 Å². The van der Waals surface area contributed by atoms with E-state index in [1.807, 2.05) is 25.3 Å². The number of nitro benzene ring substituents is 1. The van der Waals surface area contributed by atoms with Crippen molar-refractivity contribution in [1.29, 1.82) is 0 Å². The van der Waals surface area contributed by atoms with Crippen molar-refractivity contribution in [3.63, 3.8) is 0 Å². The largest absolute Gasteiger partial charge is 0.415 e. The minimum Gasteiger partial charge on any atom is -0.415 e. The van der Waals surface area contributed by atoms with Crippen LogP contribution < -0.4 is 0 Å². The van der Waals surface area contributed by atoms with Crippen LogP contribution in [0.2, 0.25) is 0 Å². The lowest BCUT2D eigenvalue weighted by Gasteiger charge is -2.00. The maximum atomic E-state index is 11.1. The molecule has 1 aromatic carbocycles. The van der Waals surface area contributed by atoms with Crippen LogP contribution in [0.3, 0.4) is 0 Å². The van der Waals surface area contributed by atoms with E-state index in [1.54, 1.807) is 17.4 Å². The molecule has 2 heterocycles. The van der Waals surface area contributed by atoms with Gasteiger partial charge in [0, 0.05) is 11.4 Å². The maximum absolute atomic E-state index is 11.1. The first-order valence-corrected chi connectivity index (χ1v) is 8.37. The molecule has 0 aliphatic carbocycles. The third kappa shape index (κ3) is 3.74. The summed E-state index contributed by atoms with van der Waals surface area (Å²) >= 11 is 2.65. The third-order valence-electron chi connectivity index (χ3n) is 2.96. The summed E-state index contributed by atoms with van der Waals surface area (Å²) in [5.74, 6) is 0.438. The Morgan fingerprint density at radius 3 is 2.87 bits per heavy atom. The summed E-state index contributed by atoms with van der Waals surface area (Å²) in [6.07, 6.45) is 0.452. The molecule has 0 aliphatic heterocycles. The molecule has 0 aliphatic rings. The van der Waals surface area contributed by atoms with E-state index in [-0.39, 0.29) is 10.9 Å². The van der Waals surface area contributed by atoms with Crippen LogP contribution in [0.4, 0.5) is 5.69 Å². The molecule has 0 saturated carbocycles. The third-order valence-corrected chi connectivity index (χ3v) is 4.68. The highest BCUT2D eigenvalue weighted by Gasteiger charge is 2.18. The van der Waals surface area contributed by atoms with Gasteiger partial charge in [0.1, 0.15) is 0 Å². The van der Waals surface area contributed by atoms with Gasteiger partial charge in [-0.1, -0.05) is 6.07 Å². The number of thiazole rings is 1. The highest BCUT2D eigenvalue weighted by atomic mass is 32.2. The zero-order valence-corrected chi connectivity index (χ0v) is 14.0. The predicted molar refractivity (Wildman–Crippen MR) is 85.9 cm³/mol. The summed E-state index contributed by atoms with van der Waals surface area (Å²) < 4.78 is 5.55. The Hall–Kier alpha value is -2.26. The standard InChI is InChI=1S/C14H12N4O3S2/c1-8-3-4-12(11(5-8)18(19)20)23-14-17-16-13(21-14)6-10-7-22-9(2)15-10/h3-5,7H,6H2,1-2H3. The Labute approximate surface area is 139 Å². The van der Waals surface area contributed by atoms with E-state index < -0.39 is 4.92 Å². The average Bonchev–Trinajstić information content (AvgIpc) is 3.10. The first kappa shape index (κ1) is 15.6. The van der Waals surface area contributed by atoms with Crippen LogP contribution >= 0.6 is 23.1 Å². The Morgan fingerprint density at radius 2 is 2.17 bits per heavy atom. The van der Waals surface area contributed by atoms with Crippen molar-refractivity contribution >= 4 is 28.8 Å². The van der Waals surface area contributed by atoms with Crippen LogP contribution in [0.5, 0.6) is 0 Å². The molecule has 0 radical (unpaired) electrons. The molecule has 7 nitrogen and oxygen atoms in total. The molecule has 0 bridgehead atoms. The molecule has 0 atom stereocenters. The van der Waals surface area contributed by atoms with Crippen molar-refractivity contribution in [2.45, 2.75) is 30.4 Å². The van der Waals surface area contributed by atoms with Crippen LogP contribution in [0, 0.1) is 24.0 Å². The predicted octanol–water partition coefficient (Wildman–Crippen LogP) is 3.79. The molecule has 2 aromatic heterocycles. The fourth-order valence-corrected chi connectivity index (χ4v) is 3.34. The summed E-state index contributed by atoms with van der Waals surface area (Å²) in [6, 6.07) is 5.02. The van der Waals surface area contributed by atoms with Gasteiger partial charge in [-0.15, -0.1) is 21.5 Å². The zero-order valence-electron chi connectivity index (χ0n) is 12.3. The van der Waals surface area contributed by atoms with E-state index >= 15 is 0 Å². The number of rotatable bonds is 5. The Bertz CT molecular complexity index is 859. The van der Waals surface area contributed by atoms with Crippen molar-refractivity contribution in [1.82, 2.24) is 15.2 Å². The zero-order chi connectivity index (χ0) is 16.4. The molecule has 118 valence electrons. The SMILES string of the molecule is Cc1ccc(Sc2nnc(Cc3csc(C)n3)o2)c([N+](=O)[O-])c1. The molecule has 9 heteroatoms. The van der Waals surface area contributed by atoms with Gasteiger partial charge in [-0.25, -0.2) is 4.98 Å². The van der Waals surface area contributed by atoms with E-state index in [0.717, 1.165) is 28.0 Å². The molecule has 0 spiro atoms. The second kappa shape index (κ2) is 6.47. The van der Waals surface area contributed by atoms with Gasteiger partial charge in [0.15, 0.2) is 0 Å². The quantitative estimate of drug-likeness (QED) is 0.511. The van der Waals surface area contributed by atoms with E-state index in [0.29, 0.717) is 17.2 Å². The van der Waals surface area contributed by atoms with Crippen molar-refractivity contribution in [2.24, 2.45) is 0 Å². The van der Waals surface area contributed by atoms with Gasteiger partial charge in [-0.05, 0) is 37.2 Å². The van der Waals surface area contributed by atoms with Crippen molar-refractivity contribution < 1.29 is 9.34 Å². The monoisotopic (exact) mass is 348 g/mol. The van der Waals surface area contributed by atoms with E-state index in [2.05, 4.69) is 15.2 Å². The second-order valence-corrected chi connectivity index (χ2v) is 6.88. The number of hydrogen-bond donors (Lipinski definition) is 0. The van der Waals surface area contributed by atoms with Crippen molar-refractivity contribution in [3.8, 4) is 0 Å². The topological polar surface area (TPSA) is 95.0 Å². The Morgan fingerprint density at radius 1 is 1.35 bits per heavy atom. The van der Waals surface area contributed by atoms with Crippen LogP contribution in [0.1, 0.15) is 22.2 Å². The number of nitro groups is 1. The first-order valence-electron chi connectivity index (χ1n) is 6.67. The van der Waals surface area contributed by atoms with Crippen molar-refractivity contribution in [3.05, 3.63) is 55.8 Å². The maximum Gasteiger partial charge on any atom is 0.283 e. The lowest BCUT2D eigenvalue weighted by molar-refractivity contribution is -0.387. The summed E-state index contributed by atoms with van der Waals surface area (Å²) in [6.45, 7) is 3.74. The molecule has 3 rings (SSSR count). The normalized spacial score (nSPS) is 10.9. The lowest BCUT2D eigenvalue weighted by atomic mass is 10.2. The summed E-state index contributed by atoms with van der Waals surface area (Å²) in [7, 11) is 0. The number of hydrogen-bond acceptors (Lipinski definition) is 8. The summed E-state index contributed by atoms with van der Waals surface area (Å²) in [4.78, 5) is 15.5. The smallest absolute Gasteiger partial charge is 0.283 e. The van der Waals surface area contributed by atoms with Crippen LogP contribution in [-0.4, -0.2) is 20.1 Å². The van der Waals surface area contributed by atoms with E-state index in [1.165, 1.54) is 6.07 Å². The number of nitrogens with zero attached hydrogens (tertiary/aromatic N) is 4. The minimum absolute atomic E-state index is 0.0323. The van der Waals surface area contributed by atoms with Gasteiger partial charge >= 0.3 is 0 Å². The molecular formula is C14H12N4O3S2. The van der Waals surface area contributed by atoms with E-state index in [9.17, 15) is 10.1 Å². The molecule has 0 fully saturated rings. The first-order chi connectivity index (χ1) is 11.0. The molecule has 0 N–H and O–H groups in total. The second-order valence-electron chi connectivity index (χ2n) is 4.83. The number of aryl methyl sites for hydroxylation is 2. The highest BCUT2D eigenvalue weighted by molar-refractivity contribution is 7.99. The molecule has 3 aromatic rings. The molecule has 0 saturated heterocycles. The van der Waals surface area contributed by atoms with Crippen LogP contribution in [-0.2, 0) is 6.42 Å². The van der Waals surface area contributed by atoms with Crippen LogP contribution in [0.15, 0.2) is 38.1 Å². The van der Waals surface area contributed by atoms with Gasteiger partial charge in [-0.2, -0.15) is 0 Å². The van der Waals surface area contributed by atoms with Gasteiger partial charge in [0.2, 0.25) is 5.89 Å². The minimum atomic E-state index is -0.412. The fraction of sp³-hybridized carbons (Fsp3) is 0.214. The Balaban J connectivity index is 1.78. The molecule has 0 unspecified atom stereocenters. The number of aromatic nitrogens is 3. The van der Waals surface area contributed by atoms with Crippen molar-refractivity contribution in [2.75, 3.05) is 0 Å². The van der Waals surface area contributed by atoms with Gasteiger partial charge < -0.3 is 4.42 Å².